The molecule has 186 valence electrons. The molecule has 13 heteroatoms. The third kappa shape index (κ3) is 6.88. The van der Waals surface area contributed by atoms with Crippen LogP contribution in [0.4, 0.5) is 23.2 Å². The quantitative estimate of drug-likeness (QED) is 0.230. The minimum atomic E-state index is -4.67. The molecule has 2 heterocycles. The molecule has 0 unspecified atom stereocenters. The maximum Gasteiger partial charge on any atom is 0.461 e. The number of anilines is 1. The number of aromatic nitrogens is 2. The first-order chi connectivity index (χ1) is 16.6. The molecule has 2 amide bonds. The number of fused-ring (bicyclic) bond motifs is 1. The second-order valence-electron chi connectivity index (χ2n) is 7.28. The summed E-state index contributed by atoms with van der Waals surface area (Å²) in [6.07, 6.45) is -3.45. The van der Waals surface area contributed by atoms with E-state index in [1.165, 1.54) is 41.1 Å². The van der Waals surface area contributed by atoms with Gasteiger partial charge in [-0.2, -0.15) is 17.6 Å². The Kier molecular flexibility index (Phi) is 8.22. The van der Waals surface area contributed by atoms with E-state index in [2.05, 4.69) is 15.0 Å². The average molecular weight is 512 g/mol. The second-order valence-corrected chi connectivity index (χ2v) is 8.36. The predicted octanol–water partition coefficient (Wildman–Crippen LogP) is 3.89. The predicted molar refractivity (Wildman–Crippen MR) is 122 cm³/mol. The first-order valence-electron chi connectivity index (χ1n) is 10.3. The summed E-state index contributed by atoms with van der Waals surface area (Å²) in [5.74, 6) is -1.42. The largest absolute Gasteiger partial charge is 0.461 e. The van der Waals surface area contributed by atoms with E-state index in [-0.39, 0.29) is 28.9 Å². The normalized spacial score (nSPS) is 11.9. The zero-order chi connectivity index (χ0) is 25.6. The number of pyridine rings is 1. The van der Waals surface area contributed by atoms with Crippen molar-refractivity contribution >= 4 is 39.1 Å². The summed E-state index contributed by atoms with van der Waals surface area (Å²) in [7, 11) is 0. The fraction of sp³-hybridized carbons (Fsp3) is 0.273. The minimum Gasteiger partial charge on any atom is -0.427 e. The molecule has 3 N–H and O–H groups in total. The molecule has 1 aromatic carbocycles. The van der Waals surface area contributed by atoms with Crippen LogP contribution in [0, 0.1) is 0 Å². The van der Waals surface area contributed by atoms with Gasteiger partial charge in [0, 0.05) is 12.6 Å². The maximum absolute atomic E-state index is 13.4. The first-order valence-corrected chi connectivity index (χ1v) is 11.1. The Morgan fingerprint density at radius 2 is 2.03 bits per heavy atom. The van der Waals surface area contributed by atoms with Crippen molar-refractivity contribution in [2.45, 2.75) is 38.3 Å². The molecule has 0 spiro atoms. The Labute approximate surface area is 200 Å². The van der Waals surface area contributed by atoms with Crippen LogP contribution in [0.1, 0.15) is 24.3 Å². The van der Waals surface area contributed by atoms with Crippen LogP contribution >= 0.6 is 11.3 Å². The fourth-order valence-corrected chi connectivity index (χ4v) is 4.02. The van der Waals surface area contributed by atoms with Gasteiger partial charge in [0.1, 0.15) is 16.4 Å². The van der Waals surface area contributed by atoms with Gasteiger partial charge in [0.25, 0.3) is 5.56 Å². The molecule has 3 rings (SSSR count). The summed E-state index contributed by atoms with van der Waals surface area (Å²) in [4.78, 5) is 39.8. The Hall–Kier alpha value is -3.74. The maximum atomic E-state index is 13.4. The number of thiazole rings is 1. The van der Waals surface area contributed by atoms with Crippen LogP contribution in [0.3, 0.4) is 0 Å². The molecule has 0 saturated carbocycles. The lowest BCUT2D eigenvalue weighted by Gasteiger charge is -2.16. The van der Waals surface area contributed by atoms with E-state index in [1.54, 1.807) is 6.08 Å². The van der Waals surface area contributed by atoms with Gasteiger partial charge in [0.15, 0.2) is 0 Å². The molecule has 0 bridgehead atoms. The van der Waals surface area contributed by atoms with Crippen LogP contribution in [0.25, 0.3) is 10.2 Å². The molecule has 0 aliphatic heterocycles. The minimum absolute atomic E-state index is 0.0342. The summed E-state index contributed by atoms with van der Waals surface area (Å²) in [5.41, 5.74) is 4.74. The van der Waals surface area contributed by atoms with E-state index in [4.69, 9.17) is 5.73 Å². The van der Waals surface area contributed by atoms with Crippen molar-refractivity contribution in [1.29, 1.82) is 0 Å². The van der Waals surface area contributed by atoms with Gasteiger partial charge in [-0.25, -0.2) is 4.98 Å². The fourth-order valence-electron chi connectivity index (χ4n) is 3.00. The Bertz CT molecular complexity index is 1310. The number of alkyl halides is 4. The van der Waals surface area contributed by atoms with Gasteiger partial charge in [0.2, 0.25) is 11.8 Å². The standard InChI is InChI=1S/C22H20F4N4O4S/c23-21(24)22(25,26)34-15-8-4-6-13-19(15)35-18(29-13)12-30-11-5-7-14(20(30)33)28-17(32)10-3-1-2-9-16(27)31/h2,4-9,11,21H,1,3,10,12H2,(H2,27,31)(H,28,32)/b9-2+. The molecule has 0 fully saturated rings. The van der Waals surface area contributed by atoms with Crippen molar-refractivity contribution in [3.63, 3.8) is 0 Å². The molecule has 35 heavy (non-hydrogen) atoms. The molecular formula is C22H20F4N4O4S. The number of halogens is 4. The van der Waals surface area contributed by atoms with Crippen molar-refractivity contribution in [2.75, 3.05) is 5.32 Å². The van der Waals surface area contributed by atoms with Gasteiger partial charge >= 0.3 is 12.5 Å². The van der Waals surface area contributed by atoms with Gasteiger partial charge < -0.3 is 20.4 Å². The molecule has 2 aromatic heterocycles. The van der Waals surface area contributed by atoms with E-state index in [1.807, 2.05) is 0 Å². The number of unbranched alkanes of at least 4 members (excludes halogenated alkanes) is 1. The van der Waals surface area contributed by atoms with Crippen LogP contribution in [-0.4, -0.2) is 33.9 Å². The van der Waals surface area contributed by atoms with E-state index in [0.717, 1.165) is 17.4 Å². The smallest absolute Gasteiger partial charge is 0.427 e. The molecule has 0 aliphatic carbocycles. The molecule has 0 saturated heterocycles. The Balaban J connectivity index is 1.72. The number of hydrogen-bond donors (Lipinski definition) is 2. The van der Waals surface area contributed by atoms with Crippen LogP contribution in [0.15, 0.2) is 53.5 Å². The second kappa shape index (κ2) is 11.1. The van der Waals surface area contributed by atoms with Crippen LogP contribution < -0.4 is 21.3 Å². The van der Waals surface area contributed by atoms with Crippen molar-refractivity contribution in [2.24, 2.45) is 5.73 Å². The first kappa shape index (κ1) is 25.9. The monoisotopic (exact) mass is 512 g/mol. The summed E-state index contributed by atoms with van der Waals surface area (Å²) in [6.45, 7) is -0.0511. The van der Waals surface area contributed by atoms with E-state index in [0.29, 0.717) is 17.8 Å². The van der Waals surface area contributed by atoms with Gasteiger partial charge in [-0.1, -0.05) is 12.1 Å². The highest BCUT2D eigenvalue weighted by Crippen LogP contribution is 2.36. The van der Waals surface area contributed by atoms with Crippen molar-refractivity contribution in [3.8, 4) is 5.75 Å². The highest BCUT2D eigenvalue weighted by Gasteiger charge is 2.44. The average Bonchev–Trinajstić information content (AvgIpc) is 3.19. The number of amides is 2. The molecule has 8 nitrogen and oxygen atoms in total. The lowest BCUT2D eigenvalue weighted by Crippen LogP contribution is -2.33. The number of nitrogens with one attached hydrogen (secondary N) is 1. The Morgan fingerprint density at radius 1 is 1.26 bits per heavy atom. The summed E-state index contributed by atoms with van der Waals surface area (Å²) in [6, 6.07) is 6.94. The molecule has 0 atom stereocenters. The third-order valence-electron chi connectivity index (χ3n) is 4.58. The molecule has 3 aromatic rings. The highest BCUT2D eigenvalue weighted by atomic mass is 32.1. The molecular weight excluding hydrogens is 492 g/mol. The number of carbonyl (C=O) groups excluding carboxylic acids is 2. The van der Waals surface area contributed by atoms with Gasteiger partial charge in [-0.15, -0.1) is 11.3 Å². The topological polar surface area (TPSA) is 116 Å². The summed E-state index contributed by atoms with van der Waals surface area (Å²) < 4.78 is 57.4. The van der Waals surface area contributed by atoms with E-state index >= 15 is 0 Å². The van der Waals surface area contributed by atoms with Crippen LogP contribution in [0.5, 0.6) is 5.75 Å². The number of ether oxygens (including phenoxy) is 1. The van der Waals surface area contributed by atoms with Crippen molar-refractivity contribution < 1.29 is 31.9 Å². The number of carbonyl (C=O) groups is 2. The van der Waals surface area contributed by atoms with Crippen molar-refractivity contribution in [3.05, 3.63) is 64.0 Å². The van der Waals surface area contributed by atoms with Gasteiger partial charge in [-0.3, -0.25) is 14.4 Å². The number of nitrogens with zero attached hydrogens (tertiary/aromatic N) is 2. The number of benzene rings is 1. The SMILES string of the molecule is NC(=O)/C=C/CCCC(=O)Nc1cccn(Cc2nc3cccc(OC(F)(F)C(F)F)c3s2)c1=O. The van der Waals surface area contributed by atoms with Crippen molar-refractivity contribution in [1.82, 2.24) is 9.55 Å². The summed E-state index contributed by atoms with van der Waals surface area (Å²) in [5, 5.41) is 2.87. The molecule has 0 radical (unpaired) electrons. The molecule has 0 aliphatic rings. The van der Waals surface area contributed by atoms with Gasteiger partial charge in [-0.05, 0) is 43.2 Å². The lowest BCUT2D eigenvalue weighted by molar-refractivity contribution is -0.252. The van der Waals surface area contributed by atoms with Crippen LogP contribution in [0.2, 0.25) is 0 Å². The lowest BCUT2D eigenvalue weighted by atomic mass is 10.2. The third-order valence-corrected chi connectivity index (χ3v) is 5.65. The number of hydrogen-bond acceptors (Lipinski definition) is 6. The van der Waals surface area contributed by atoms with E-state index < -0.39 is 35.7 Å². The number of primary amides is 1. The zero-order valence-electron chi connectivity index (χ0n) is 18.0. The number of rotatable bonds is 11. The Morgan fingerprint density at radius 3 is 2.74 bits per heavy atom. The zero-order valence-corrected chi connectivity index (χ0v) is 18.9. The highest BCUT2D eigenvalue weighted by molar-refractivity contribution is 7.19. The van der Waals surface area contributed by atoms with E-state index in [9.17, 15) is 31.9 Å². The number of nitrogens with two attached hydrogens (primary N) is 1. The van der Waals surface area contributed by atoms with Gasteiger partial charge in [0.05, 0.1) is 16.8 Å². The van der Waals surface area contributed by atoms with Crippen LogP contribution in [-0.2, 0) is 16.1 Å². The number of allylic oxidation sites excluding steroid dienone is 1. The summed E-state index contributed by atoms with van der Waals surface area (Å²) >= 11 is 0.917.